The smallest absolute Gasteiger partial charge is 0.333 e. The number of hydrogen-bond acceptors (Lipinski definition) is 9. The van der Waals surface area contributed by atoms with Crippen LogP contribution < -0.4 is 5.32 Å². The number of halogens is 1. The number of fused-ring (bicyclic) bond motifs is 2. The molecule has 3 aliphatic heterocycles. The van der Waals surface area contributed by atoms with Gasteiger partial charge in [-0.05, 0) is 82.0 Å². The van der Waals surface area contributed by atoms with E-state index in [-0.39, 0.29) is 29.9 Å². The predicted octanol–water partition coefficient (Wildman–Crippen LogP) is 6.57. The highest BCUT2D eigenvalue weighted by Crippen LogP contribution is 2.48. The number of rotatable bonds is 16. The minimum Gasteiger partial charge on any atom is -0.358 e. The quantitative estimate of drug-likeness (QED) is 0.0548. The lowest BCUT2D eigenvalue weighted by Crippen LogP contribution is -2.31. The van der Waals surface area contributed by atoms with Crippen molar-refractivity contribution in [3.05, 3.63) is 88.6 Å². The summed E-state index contributed by atoms with van der Waals surface area (Å²) < 4.78 is 67.8. The number of allylic oxidation sites excluding steroid dienone is 6. The van der Waals surface area contributed by atoms with Crippen molar-refractivity contribution in [2.75, 3.05) is 17.6 Å². The molecule has 1 saturated heterocycles. The average Bonchev–Trinajstić information content (AvgIpc) is 3.63. The number of carbonyl (C=O) groups excluding carboxylic acids is 3. The van der Waals surface area contributed by atoms with Gasteiger partial charge in [0.05, 0.1) is 16.1 Å². The molecule has 0 bridgehead atoms. The Balaban J connectivity index is 1.32. The zero-order chi connectivity index (χ0) is 39.5. The van der Waals surface area contributed by atoms with Gasteiger partial charge < -0.3 is 10.2 Å². The van der Waals surface area contributed by atoms with Crippen LogP contribution in [0.25, 0.3) is 0 Å². The largest absolute Gasteiger partial charge is 0.358 e. The van der Waals surface area contributed by atoms with Crippen molar-refractivity contribution >= 4 is 66.7 Å². The van der Waals surface area contributed by atoms with Gasteiger partial charge in [-0.25, -0.2) is 4.79 Å². The number of unbranched alkanes of at least 4 members (excludes halogenated alkanes) is 3. The van der Waals surface area contributed by atoms with Gasteiger partial charge in [-0.15, -0.1) is 5.06 Å². The van der Waals surface area contributed by atoms with E-state index in [0.29, 0.717) is 66.4 Å². The number of carbonyl (C=O) groups is 3. The Bertz CT molecular complexity index is 2180. The van der Waals surface area contributed by atoms with Crippen LogP contribution in [-0.2, 0) is 50.3 Å². The van der Waals surface area contributed by atoms with Gasteiger partial charge >= 0.3 is 5.97 Å². The third-order valence-electron chi connectivity index (χ3n) is 10.1. The van der Waals surface area contributed by atoms with Crippen molar-refractivity contribution in [3.63, 3.8) is 0 Å². The number of anilines is 1. The summed E-state index contributed by atoms with van der Waals surface area (Å²) in [4.78, 5) is 40.5. The summed E-state index contributed by atoms with van der Waals surface area (Å²) in [6.07, 6.45) is 12.7. The topological polar surface area (TPSA) is 187 Å². The Morgan fingerprint density at radius 2 is 1.65 bits per heavy atom. The molecule has 0 spiro atoms. The summed E-state index contributed by atoms with van der Waals surface area (Å²) in [5.41, 5.74) is 4.11. The van der Waals surface area contributed by atoms with Gasteiger partial charge in [0.2, 0.25) is 5.69 Å². The van der Waals surface area contributed by atoms with E-state index >= 15 is 0 Å². The molecule has 3 aliphatic rings. The fourth-order valence-corrected chi connectivity index (χ4v) is 8.46. The summed E-state index contributed by atoms with van der Waals surface area (Å²) in [6.45, 7) is 6.70. The van der Waals surface area contributed by atoms with E-state index < -0.39 is 48.8 Å². The van der Waals surface area contributed by atoms with Crippen molar-refractivity contribution in [3.8, 4) is 0 Å². The van der Waals surface area contributed by atoms with Gasteiger partial charge in [0.1, 0.15) is 6.54 Å². The van der Waals surface area contributed by atoms with Gasteiger partial charge in [-0.3, -0.25) is 18.7 Å². The van der Waals surface area contributed by atoms with Gasteiger partial charge in [0.15, 0.2) is 5.71 Å². The fourth-order valence-electron chi connectivity index (χ4n) is 7.21. The first kappa shape index (κ1) is 41.0. The van der Waals surface area contributed by atoms with Crippen LogP contribution in [0.1, 0.15) is 89.7 Å². The Morgan fingerprint density at radius 3 is 2.33 bits per heavy atom. The van der Waals surface area contributed by atoms with Crippen molar-refractivity contribution < 1.29 is 49.7 Å². The van der Waals surface area contributed by atoms with Crippen LogP contribution in [0.2, 0.25) is 5.02 Å². The molecule has 290 valence electrons. The SMILES string of the molecule is CC1(C)C(/C=C/C=C/C=C2/Nc3ccc(S(=O)(=O)O)cc3C2(C)CCCCCC(=O)ON2C(=O)CCC2=O)=[N+](CCCCS(=O)(=O)O)c2ccc(Cl)cc21. The van der Waals surface area contributed by atoms with Crippen LogP contribution in [0, 0.1) is 0 Å². The average molecular weight is 803 g/mol. The second kappa shape index (κ2) is 16.3. The first-order chi connectivity index (χ1) is 25.3. The van der Waals surface area contributed by atoms with E-state index in [1.54, 1.807) is 6.07 Å². The first-order valence-corrected chi connectivity index (χ1v) is 21.2. The van der Waals surface area contributed by atoms with Crippen LogP contribution in [0.15, 0.2) is 77.4 Å². The lowest BCUT2D eigenvalue weighted by atomic mass is 9.77. The molecular weight excluding hydrogens is 758 g/mol. The minimum absolute atomic E-state index is 0.0171. The molecular formula is C38H45ClN3O10S2+. The molecule has 2 aromatic rings. The second-order valence-corrected chi connectivity index (χ2v) is 17.8. The van der Waals surface area contributed by atoms with Crippen molar-refractivity contribution in [2.45, 2.75) is 94.3 Å². The van der Waals surface area contributed by atoms with Gasteiger partial charge in [0.25, 0.3) is 32.1 Å². The third-order valence-corrected chi connectivity index (χ3v) is 12.0. The molecule has 1 fully saturated rings. The monoisotopic (exact) mass is 802 g/mol. The highest BCUT2D eigenvalue weighted by Gasteiger charge is 2.44. The Kier molecular flexibility index (Phi) is 12.4. The molecule has 16 heteroatoms. The van der Waals surface area contributed by atoms with Crippen molar-refractivity contribution in [2.24, 2.45) is 0 Å². The van der Waals surface area contributed by atoms with Crippen LogP contribution in [0.4, 0.5) is 11.4 Å². The number of nitrogens with one attached hydrogen (secondary N) is 1. The summed E-state index contributed by atoms with van der Waals surface area (Å²) in [6, 6.07) is 10.1. The fraction of sp³-hybridized carbons (Fsp3) is 0.421. The Hall–Kier alpha value is -4.15. The predicted molar refractivity (Wildman–Crippen MR) is 204 cm³/mol. The van der Waals surface area contributed by atoms with Crippen molar-refractivity contribution in [1.29, 1.82) is 0 Å². The summed E-state index contributed by atoms with van der Waals surface area (Å²) in [5, 5.41) is 4.54. The van der Waals surface area contributed by atoms with E-state index in [1.165, 1.54) is 12.1 Å². The molecule has 0 radical (unpaired) electrons. The summed E-state index contributed by atoms with van der Waals surface area (Å²) >= 11 is 6.37. The van der Waals surface area contributed by atoms with Gasteiger partial charge in [0, 0.05) is 65.2 Å². The number of imide groups is 1. The van der Waals surface area contributed by atoms with Crippen LogP contribution >= 0.6 is 11.6 Å². The zero-order valence-electron chi connectivity index (χ0n) is 30.4. The molecule has 13 nitrogen and oxygen atoms in total. The van der Waals surface area contributed by atoms with Crippen molar-refractivity contribution in [1.82, 2.24) is 5.06 Å². The normalized spacial score (nSPS) is 20.4. The highest BCUT2D eigenvalue weighted by molar-refractivity contribution is 7.86. The summed E-state index contributed by atoms with van der Waals surface area (Å²) in [7, 11) is -8.51. The number of amides is 2. The maximum atomic E-state index is 12.3. The molecule has 3 N–H and O–H groups in total. The lowest BCUT2D eigenvalue weighted by molar-refractivity contribution is -0.438. The molecule has 2 amide bonds. The van der Waals surface area contributed by atoms with E-state index in [9.17, 15) is 40.3 Å². The number of hydrogen-bond donors (Lipinski definition) is 3. The van der Waals surface area contributed by atoms with E-state index in [0.717, 1.165) is 22.7 Å². The molecule has 3 heterocycles. The van der Waals surface area contributed by atoms with Gasteiger partial charge in [-0.1, -0.05) is 42.7 Å². The van der Waals surface area contributed by atoms with Crippen LogP contribution in [0.5, 0.6) is 0 Å². The van der Waals surface area contributed by atoms with E-state index in [4.69, 9.17) is 16.4 Å². The highest BCUT2D eigenvalue weighted by atomic mass is 35.5. The van der Waals surface area contributed by atoms with E-state index in [2.05, 4.69) is 23.7 Å². The first-order valence-electron chi connectivity index (χ1n) is 17.7. The molecule has 0 aliphatic carbocycles. The maximum absolute atomic E-state index is 12.3. The summed E-state index contributed by atoms with van der Waals surface area (Å²) in [5.74, 6) is -2.05. The minimum atomic E-state index is -4.46. The molecule has 5 rings (SSSR count). The van der Waals surface area contributed by atoms with E-state index in [1.807, 2.05) is 55.5 Å². The lowest BCUT2D eigenvalue weighted by Gasteiger charge is -2.26. The zero-order valence-corrected chi connectivity index (χ0v) is 32.8. The number of hydroxylamine groups is 2. The second-order valence-electron chi connectivity index (χ2n) is 14.4. The molecule has 1 atom stereocenters. The standard InChI is InChI=1S/C38H44ClN3O10S2/c1-37(2)29-24-26(39)15-18-31(29)41(22-10-11-23-53(46,47)48)33(37)13-7-4-6-12-32-38(3,28-25-27(54(49,50)51)16-17-30(28)40-32)21-9-5-8-14-36(45)52-42-34(43)19-20-35(42)44/h4,6-7,12-13,15-18,24-25H,5,8-11,14,19-23H2,1-3H3,(H2,46,47,48,49,50,51)/p+1. The number of nitrogens with zero attached hydrogens (tertiary/aromatic N) is 2. The van der Waals surface area contributed by atoms with Crippen LogP contribution in [0.3, 0.4) is 0 Å². The maximum Gasteiger partial charge on any atom is 0.333 e. The molecule has 1 unspecified atom stereocenters. The molecule has 0 aromatic heterocycles. The molecule has 54 heavy (non-hydrogen) atoms. The number of benzene rings is 2. The molecule has 2 aromatic carbocycles. The molecule has 0 saturated carbocycles. The Labute approximate surface area is 320 Å². The van der Waals surface area contributed by atoms with Gasteiger partial charge in [-0.2, -0.15) is 21.4 Å². The Morgan fingerprint density at radius 1 is 0.926 bits per heavy atom. The third kappa shape index (κ3) is 9.37. The van der Waals surface area contributed by atoms with Crippen LogP contribution in [-0.4, -0.2) is 71.4 Å².